The van der Waals surface area contributed by atoms with Crippen LogP contribution in [0.25, 0.3) is 0 Å². The van der Waals surface area contributed by atoms with Gasteiger partial charge in [-0.2, -0.15) is 0 Å². The number of aromatic carboxylic acids is 1. The van der Waals surface area contributed by atoms with Gasteiger partial charge in [-0.05, 0) is 34.1 Å². The van der Waals surface area contributed by atoms with Crippen LogP contribution >= 0.6 is 15.9 Å². The van der Waals surface area contributed by atoms with Crippen molar-refractivity contribution in [1.82, 2.24) is 0 Å². The van der Waals surface area contributed by atoms with E-state index in [1.54, 1.807) is 12.1 Å². The summed E-state index contributed by atoms with van der Waals surface area (Å²) in [6.45, 7) is 0. The zero-order valence-electron chi connectivity index (χ0n) is 10.3. The highest BCUT2D eigenvalue weighted by molar-refractivity contribution is 9.10. The number of halogens is 1. The second kappa shape index (κ2) is 5.63. The molecule has 0 saturated carbocycles. The molecule has 108 valence electrons. The van der Waals surface area contributed by atoms with Crippen molar-refractivity contribution in [3.8, 4) is 12.3 Å². The van der Waals surface area contributed by atoms with Gasteiger partial charge in [-0.3, -0.25) is 4.72 Å². The number of terminal acetylenes is 1. The molecule has 0 saturated heterocycles. The van der Waals surface area contributed by atoms with Gasteiger partial charge < -0.3 is 9.52 Å². The van der Waals surface area contributed by atoms with Crippen LogP contribution in [0.2, 0.25) is 0 Å². The maximum Gasteiger partial charge on any atom is 0.371 e. The second-order valence-corrected chi connectivity index (χ2v) is 6.26. The molecule has 1 aromatic carbocycles. The van der Waals surface area contributed by atoms with Gasteiger partial charge in [-0.1, -0.05) is 12.0 Å². The van der Waals surface area contributed by atoms with Crippen molar-refractivity contribution in [3.05, 3.63) is 46.3 Å². The molecule has 2 aromatic rings. The largest absolute Gasteiger partial charge is 0.475 e. The van der Waals surface area contributed by atoms with Crippen LogP contribution in [0.1, 0.15) is 16.1 Å². The maximum absolute atomic E-state index is 12.2. The molecule has 2 N–H and O–H groups in total. The molecule has 0 aliphatic rings. The molecule has 0 aliphatic carbocycles. The van der Waals surface area contributed by atoms with Crippen molar-refractivity contribution in [3.63, 3.8) is 0 Å². The zero-order chi connectivity index (χ0) is 15.6. The third kappa shape index (κ3) is 3.26. The van der Waals surface area contributed by atoms with Gasteiger partial charge in [0.15, 0.2) is 4.67 Å². The lowest BCUT2D eigenvalue weighted by atomic mass is 10.2. The van der Waals surface area contributed by atoms with Gasteiger partial charge in [0, 0.05) is 11.6 Å². The molecule has 1 aromatic heterocycles. The third-order valence-electron chi connectivity index (χ3n) is 2.44. The summed E-state index contributed by atoms with van der Waals surface area (Å²) in [5.41, 5.74) is 0.767. The number of carboxylic acids is 1. The Morgan fingerprint density at radius 2 is 2.10 bits per heavy atom. The molecule has 0 amide bonds. The fraction of sp³-hybridized carbons (Fsp3) is 0. The van der Waals surface area contributed by atoms with Gasteiger partial charge >= 0.3 is 5.97 Å². The van der Waals surface area contributed by atoms with Crippen LogP contribution < -0.4 is 4.72 Å². The minimum Gasteiger partial charge on any atom is -0.475 e. The van der Waals surface area contributed by atoms with Crippen LogP contribution in [-0.4, -0.2) is 19.5 Å². The minimum atomic E-state index is -4.00. The Labute approximate surface area is 129 Å². The summed E-state index contributed by atoms with van der Waals surface area (Å²) in [5.74, 6) is 0.528. The number of sulfonamides is 1. The van der Waals surface area contributed by atoms with Crippen LogP contribution in [-0.2, 0) is 10.0 Å². The molecule has 6 nitrogen and oxygen atoms in total. The molecule has 0 radical (unpaired) electrons. The number of carbonyl (C=O) groups is 1. The van der Waals surface area contributed by atoms with Crippen LogP contribution in [0.5, 0.6) is 0 Å². The summed E-state index contributed by atoms with van der Waals surface area (Å²) in [5, 5.41) is 8.79. The van der Waals surface area contributed by atoms with Gasteiger partial charge in [-0.25, -0.2) is 13.2 Å². The van der Waals surface area contributed by atoms with Crippen molar-refractivity contribution in [2.45, 2.75) is 4.90 Å². The summed E-state index contributed by atoms with van der Waals surface area (Å²) in [7, 11) is -4.00. The summed E-state index contributed by atoms with van der Waals surface area (Å²) in [4.78, 5) is 10.5. The van der Waals surface area contributed by atoms with Gasteiger partial charge in [0.1, 0.15) is 4.90 Å². The SMILES string of the molecule is C#Cc1cccc(NS(=O)(=O)c2cc(C(=O)O)oc2Br)c1. The normalized spacial score (nSPS) is 10.9. The monoisotopic (exact) mass is 369 g/mol. The predicted octanol–water partition coefficient (Wildman–Crippen LogP) is 2.52. The molecule has 2 rings (SSSR count). The zero-order valence-corrected chi connectivity index (χ0v) is 12.7. The van der Waals surface area contributed by atoms with E-state index in [1.807, 2.05) is 0 Å². The summed E-state index contributed by atoms with van der Waals surface area (Å²) < 4.78 is 31.3. The predicted molar refractivity (Wildman–Crippen MR) is 78.6 cm³/mol. The number of benzene rings is 1. The average Bonchev–Trinajstić information content (AvgIpc) is 2.81. The van der Waals surface area contributed by atoms with Crippen LogP contribution in [0, 0.1) is 12.3 Å². The van der Waals surface area contributed by atoms with Gasteiger partial charge in [0.2, 0.25) is 5.76 Å². The molecule has 0 fully saturated rings. The van der Waals surface area contributed by atoms with Crippen molar-refractivity contribution >= 4 is 37.6 Å². The van der Waals surface area contributed by atoms with Gasteiger partial charge in [0.05, 0.1) is 5.69 Å². The topological polar surface area (TPSA) is 96.6 Å². The Balaban J connectivity index is 2.38. The van der Waals surface area contributed by atoms with Crippen molar-refractivity contribution in [2.75, 3.05) is 4.72 Å². The van der Waals surface area contributed by atoms with E-state index >= 15 is 0 Å². The van der Waals surface area contributed by atoms with Gasteiger partial charge in [-0.15, -0.1) is 6.42 Å². The average molecular weight is 370 g/mol. The smallest absolute Gasteiger partial charge is 0.371 e. The van der Waals surface area contributed by atoms with E-state index < -0.39 is 21.8 Å². The number of anilines is 1. The quantitative estimate of drug-likeness (QED) is 0.807. The van der Waals surface area contributed by atoms with E-state index in [2.05, 4.69) is 26.6 Å². The number of furan rings is 1. The molecule has 0 aliphatic heterocycles. The number of nitrogens with one attached hydrogen (secondary N) is 1. The molecule has 1 heterocycles. The second-order valence-electron chi connectivity index (χ2n) is 3.88. The molecule has 0 spiro atoms. The van der Waals surface area contributed by atoms with Crippen LogP contribution in [0.3, 0.4) is 0 Å². The lowest BCUT2D eigenvalue weighted by molar-refractivity contribution is 0.0661. The van der Waals surface area contributed by atoms with Gasteiger partial charge in [0.25, 0.3) is 10.0 Å². The molecule has 8 heteroatoms. The van der Waals surface area contributed by atoms with E-state index in [0.29, 0.717) is 5.56 Å². The molecule has 0 atom stereocenters. The Morgan fingerprint density at radius 1 is 1.38 bits per heavy atom. The highest BCUT2D eigenvalue weighted by Crippen LogP contribution is 2.28. The Morgan fingerprint density at radius 3 is 2.67 bits per heavy atom. The fourth-order valence-corrected chi connectivity index (χ4v) is 3.51. The lowest BCUT2D eigenvalue weighted by Crippen LogP contribution is -2.12. The molecule has 0 unspecified atom stereocenters. The summed E-state index contributed by atoms with van der Waals surface area (Å²) >= 11 is 2.88. The maximum atomic E-state index is 12.2. The Hall–Kier alpha value is -2.24. The van der Waals surface area contributed by atoms with E-state index in [0.717, 1.165) is 6.07 Å². The molecule has 21 heavy (non-hydrogen) atoms. The summed E-state index contributed by atoms with van der Waals surface area (Å²) in [6.07, 6.45) is 5.24. The lowest BCUT2D eigenvalue weighted by Gasteiger charge is -2.06. The van der Waals surface area contributed by atoms with Crippen molar-refractivity contribution in [2.24, 2.45) is 0 Å². The Bertz CT molecular complexity index is 848. The minimum absolute atomic E-state index is 0.194. The fourth-order valence-electron chi connectivity index (χ4n) is 1.52. The first kappa shape index (κ1) is 15.2. The number of rotatable bonds is 4. The first-order valence-corrected chi connectivity index (χ1v) is 7.73. The number of hydrogen-bond acceptors (Lipinski definition) is 4. The van der Waals surface area contributed by atoms with E-state index in [1.165, 1.54) is 12.1 Å². The Kier molecular flexibility index (Phi) is 4.06. The standard InChI is InChI=1S/C13H8BrNO5S/c1-2-8-4-3-5-9(6-8)15-21(18,19)11-7-10(13(16)17)20-12(11)14/h1,3-7,15H,(H,16,17). The first-order chi connectivity index (χ1) is 9.83. The van der Waals surface area contributed by atoms with E-state index in [-0.39, 0.29) is 15.3 Å². The van der Waals surface area contributed by atoms with Crippen molar-refractivity contribution < 1.29 is 22.7 Å². The first-order valence-electron chi connectivity index (χ1n) is 5.45. The molecule has 0 bridgehead atoms. The van der Waals surface area contributed by atoms with Crippen molar-refractivity contribution in [1.29, 1.82) is 0 Å². The van der Waals surface area contributed by atoms with Crippen LogP contribution in [0.4, 0.5) is 5.69 Å². The highest BCUT2D eigenvalue weighted by Gasteiger charge is 2.25. The molecular weight excluding hydrogens is 362 g/mol. The third-order valence-corrected chi connectivity index (χ3v) is 4.68. The van der Waals surface area contributed by atoms with E-state index in [9.17, 15) is 13.2 Å². The highest BCUT2D eigenvalue weighted by atomic mass is 79.9. The molecular formula is C13H8BrNO5S. The summed E-state index contributed by atoms with van der Waals surface area (Å²) in [6, 6.07) is 7.15. The number of hydrogen-bond donors (Lipinski definition) is 2. The van der Waals surface area contributed by atoms with Crippen LogP contribution in [0.15, 0.2) is 44.3 Å². The van der Waals surface area contributed by atoms with E-state index in [4.69, 9.17) is 15.9 Å². The number of carboxylic acid groups (broad SMARTS) is 1.